The van der Waals surface area contributed by atoms with E-state index in [0.29, 0.717) is 32.1 Å². The second-order valence-corrected chi connectivity index (χ2v) is 7.66. The fourth-order valence-electron chi connectivity index (χ4n) is 3.91. The third-order valence-corrected chi connectivity index (χ3v) is 5.23. The lowest BCUT2D eigenvalue weighted by atomic mass is 10.1. The van der Waals surface area contributed by atoms with Crippen molar-refractivity contribution in [1.29, 1.82) is 0 Å². The summed E-state index contributed by atoms with van der Waals surface area (Å²) < 4.78 is 0. The van der Waals surface area contributed by atoms with E-state index in [9.17, 15) is 9.59 Å². The number of fused-ring (bicyclic) bond motifs is 1. The van der Waals surface area contributed by atoms with Crippen LogP contribution in [0.25, 0.3) is 0 Å². The lowest BCUT2D eigenvalue weighted by Gasteiger charge is -2.36. The zero-order valence-corrected chi connectivity index (χ0v) is 16.1. The molecule has 0 radical (unpaired) electrons. The minimum atomic E-state index is -0.0367. The number of rotatable bonds is 5. The normalized spacial score (nSPS) is 19.9. The molecule has 1 unspecified atom stereocenters. The van der Waals surface area contributed by atoms with Crippen LogP contribution in [0.5, 0.6) is 0 Å². The topological polar surface area (TPSA) is 55.9 Å². The highest BCUT2D eigenvalue weighted by Gasteiger charge is 2.41. The van der Waals surface area contributed by atoms with Crippen LogP contribution in [-0.4, -0.2) is 65.5 Å². The Hall–Kier alpha value is -2.24. The van der Waals surface area contributed by atoms with Gasteiger partial charge in [0.15, 0.2) is 0 Å². The van der Waals surface area contributed by atoms with Crippen molar-refractivity contribution < 1.29 is 9.59 Å². The van der Waals surface area contributed by atoms with Gasteiger partial charge in [-0.1, -0.05) is 45.0 Å². The predicted octanol–water partition coefficient (Wildman–Crippen LogP) is 2.54. The number of amides is 4. The molecule has 2 fully saturated rings. The molecule has 2 aliphatic heterocycles. The standard InChI is InChI=1S/C20H30N4O2/c1-4-16-7-5-6-8-17(16)11-21-19(25)22-9-10-24-18(13-22)14-23(20(24)26)12-15(2)3/h5-8,15,18H,4,9-14H2,1-3H3,(H,21,25). The SMILES string of the molecule is CCc1ccccc1CNC(=O)N1CCN2C(=O)N(CC(C)C)CC2C1. The Labute approximate surface area is 156 Å². The Morgan fingerprint density at radius 3 is 2.62 bits per heavy atom. The first-order chi connectivity index (χ1) is 12.5. The molecule has 0 aliphatic carbocycles. The third kappa shape index (κ3) is 3.94. The summed E-state index contributed by atoms with van der Waals surface area (Å²) in [6.07, 6.45) is 0.959. The summed E-state index contributed by atoms with van der Waals surface area (Å²) in [5.74, 6) is 0.457. The number of piperazine rings is 1. The van der Waals surface area contributed by atoms with E-state index in [1.165, 1.54) is 11.1 Å². The molecule has 4 amide bonds. The van der Waals surface area contributed by atoms with Crippen LogP contribution in [0.2, 0.25) is 0 Å². The molecule has 1 N–H and O–H groups in total. The van der Waals surface area contributed by atoms with Crippen LogP contribution in [0.3, 0.4) is 0 Å². The first-order valence-electron chi connectivity index (χ1n) is 9.64. The van der Waals surface area contributed by atoms with Crippen LogP contribution in [0.1, 0.15) is 31.9 Å². The Morgan fingerprint density at radius 2 is 1.92 bits per heavy atom. The molecular formula is C20H30N4O2. The summed E-state index contributed by atoms with van der Waals surface area (Å²) in [6, 6.07) is 8.41. The summed E-state index contributed by atoms with van der Waals surface area (Å²) in [6.45, 7) is 10.3. The molecule has 3 rings (SSSR count). The van der Waals surface area contributed by atoms with E-state index >= 15 is 0 Å². The van der Waals surface area contributed by atoms with Gasteiger partial charge in [-0.15, -0.1) is 0 Å². The largest absolute Gasteiger partial charge is 0.334 e. The fourth-order valence-corrected chi connectivity index (χ4v) is 3.91. The molecule has 6 nitrogen and oxygen atoms in total. The average Bonchev–Trinajstić information content (AvgIpc) is 2.94. The van der Waals surface area contributed by atoms with Gasteiger partial charge < -0.3 is 20.0 Å². The van der Waals surface area contributed by atoms with Crippen LogP contribution in [0.4, 0.5) is 9.59 Å². The van der Waals surface area contributed by atoms with Crippen LogP contribution in [-0.2, 0) is 13.0 Å². The van der Waals surface area contributed by atoms with Gasteiger partial charge in [-0.2, -0.15) is 0 Å². The highest BCUT2D eigenvalue weighted by molar-refractivity contribution is 5.79. The van der Waals surface area contributed by atoms with Gasteiger partial charge >= 0.3 is 12.1 Å². The second-order valence-electron chi connectivity index (χ2n) is 7.66. The molecule has 26 heavy (non-hydrogen) atoms. The van der Waals surface area contributed by atoms with Crippen LogP contribution in [0, 0.1) is 5.92 Å². The van der Waals surface area contributed by atoms with E-state index in [1.54, 1.807) is 0 Å². The van der Waals surface area contributed by atoms with Gasteiger partial charge in [0.25, 0.3) is 0 Å². The van der Waals surface area contributed by atoms with Crippen molar-refractivity contribution in [2.45, 2.75) is 39.8 Å². The minimum Gasteiger partial charge on any atom is -0.334 e. The van der Waals surface area contributed by atoms with Crippen molar-refractivity contribution in [3.63, 3.8) is 0 Å². The molecule has 2 aliphatic rings. The quantitative estimate of drug-likeness (QED) is 0.879. The molecule has 0 spiro atoms. The smallest absolute Gasteiger partial charge is 0.320 e. The van der Waals surface area contributed by atoms with Crippen LogP contribution >= 0.6 is 0 Å². The summed E-state index contributed by atoms with van der Waals surface area (Å²) in [5, 5.41) is 3.05. The molecule has 0 bridgehead atoms. The Bertz CT molecular complexity index is 661. The lowest BCUT2D eigenvalue weighted by Crippen LogP contribution is -2.55. The molecular weight excluding hydrogens is 328 g/mol. The lowest BCUT2D eigenvalue weighted by molar-refractivity contribution is 0.128. The van der Waals surface area contributed by atoms with Gasteiger partial charge in [-0.05, 0) is 23.5 Å². The Balaban J connectivity index is 1.55. The highest BCUT2D eigenvalue weighted by Crippen LogP contribution is 2.21. The summed E-state index contributed by atoms with van der Waals surface area (Å²) in [4.78, 5) is 30.8. The van der Waals surface area contributed by atoms with E-state index in [2.05, 4.69) is 38.2 Å². The molecule has 0 aromatic heterocycles. The fraction of sp³-hybridized carbons (Fsp3) is 0.600. The van der Waals surface area contributed by atoms with E-state index < -0.39 is 0 Å². The van der Waals surface area contributed by atoms with Crippen molar-refractivity contribution in [3.05, 3.63) is 35.4 Å². The van der Waals surface area contributed by atoms with Crippen molar-refractivity contribution in [1.82, 2.24) is 20.0 Å². The van der Waals surface area contributed by atoms with Gasteiger partial charge in [-0.3, -0.25) is 0 Å². The monoisotopic (exact) mass is 358 g/mol. The van der Waals surface area contributed by atoms with Gasteiger partial charge in [0, 0.05) is 39.3 Å². The van der Waals surface area contributed by atoms with E-state index in [4.69, 9.17) is 0 Å². The van der Waals surface area contributed by atoms with Gasteiger partial charge in [0.2, 0.25) is 0 Å². The molecule has 1 aromatic carbocycles. The Kier molecular flexibility index (Phi) is 5.69. The summed E-state index contributed by atoms with van der Waals surface area (Å²) in [7, 11) is 0. The molecule has 1 atom stereocenters. The molecule has 2 saturated heterocycles. The van der Waals surface area contributed by atoms with Gasteiger partial charge in [-0.25, -0.2) is 9.59 Å². The second kappa shape index (κ2) is 7.98. The molecule has 2 heterocycles. The molecule has 6 heteroatoms. The van der Waals surface area contributed by atoms with Crippen molar-refractivity contribution >= 4 is 12.1 Å². The Morgan fingerprint density at radius 1 is 1.19 bits per heavy atom. The molecule has 0 saturated carbocycles. The highest BCUT2D eigenvalue weighted by atomic mass is 16.2. The number of aryl methyl sites for hydroxylation is 1. The number of nitrogens with zero attached hydrogens (tertiary/aromatic N) is 3. The van der Waals surface area contributed by atoms with Crippen LogP contribution in [0.15, 0.2) is 24.3 Å². The first-order valence-corrected chi connectivity index (χ1v) is 9.64. The maximum Gasteiger partial charge on any atom is 0.320 e. The van der Waals surface area contributed by atoms with E-state index in [0.717, 1.165) is 19.5 Å². The van der Waals surface area contributed by atoms with Crippen molar-refractivity contribution in [3.8, 4) is 0 Å². The first kappa shape index (κ1) is 18.5. The third-order valence-electron chi connectivity index (χ3n) is 5.23. The number of nitrogens with one attached hydrogen (secondary N) is 1. The van der Waals surface area contributed by atoms with Gasteiger partial charge in [0.05, 0.1) is 6.04 Å². The van der Waals surface area contributed by atoms with Crippen LogP contribution < -0.4 is 5.32 Å². The maximum absolute atomic E-state index is 12.6. The summed E-state index contributed by atoms with van der Waals surface area (Å²) >= 11 is 0. The molecule has 142 valence electrons. The summed E-state index contributed by atoms with van der Waals surface area (Å²) in [5.41, 5.74) is 2.43. The number of hydrogen-bond donors (Lipinski definition) is 1. The zero-order valence-electron chi connectivity index (χ0n) is 16.1. The maximum atomic E-state index is 12.6. The zero-order chi connectivity index (χ0) is 18.7. The minimum absolute atomic E-state index is 0.0367. The number of benzene rings is 1. The number of carbonyl (C=O) groups excluding carboxylic acids is 2. The number of urea groups is 2. The van der Waals surface area contributed by atoms with Gasteiger partial charge in [0.1, 0.15) is 0 Å². The van der Waals surface area contributed by atoms with Crippen molar-refractivity contribution in [2.24, 2.45) is 5.92 Å². The molecule has 1 aromatic rings. The number of hydrogen-bond acceptors (Lipinski definition) is 2. The number of carbonyl (C=O) groups is 2. The predicted molar refractivity (Wildman–Crippen MR) is 102 cm³/mol. The average molecular weight is 358 g/mol. The van der Waals surface area contributed by atoms with E-state index in [-0.39, 0.29) is 18.1 Å². The van der Waals surface area contributed by atoms with E-state index in [1.807, 2.05) is 26.8 Å². The van der Waals surface area contributed by atoms with Crippen molar-refractivity contribution in [2.75, 3.05) is 32.7 Å².